The van der Waals surface area contributed by atoms with E-state index in [1.165, 1.54) is 5.56 Å². The van der Waals surface area contributed by atoms with Gasteiger partial charge in [-0.1, -0.05) is 12.1 Å². The Hall–Kier alpha value is -0.790. The summed E-state index contributed by atoms with van der Waals surface area (Å²) in [6.45, 7) is 6.49. The van der Waals surface area contributed by atoms with Crippen LogP contribution in [0.2, 0.25) is 0 Å². The molecule has 1 saturated heterocycles. The summed E-state index contributed by atoms with van der Waals surface area (Å²) in [5.74, 6) is 0. The van der Waals surface area contributed by atoms with E-state index in [0.29, 0.717) is 6.04 Å². The first-order valence-corrected chi connectivity index (χ1v) is 5.76. The van der Waals surface area contributed by atoms with Gasteiger partial charge in [0.05, 0.1) is 11.6 Å². The molecule has 1 N–H and O–H groups in total. The summed E-state index contributed by atoms with van der Waals surface area (Å²) in [6.07, 6.45) is 0. The first-order valence-electron chi connectivity index (χ1n) is 5.76. The zero-order chi connectivity index (χ0) is 11.4. The van der Waals surface area contributed by atoms with Crippen molar-refractivity contribution in [3.8, 4) is 6.07 Å². The Bertz CT molecular complexity index is 397. The van der Waals surface area contributed by atoms with E-state index < -0.39 is 0 Å². The number of nitriles is 1. The molecule has 0 spiro atoms. The quantitative estimate of drug-likeness (QED) is 0.908. The van der Waals surface area contributed by atoms with Crippen molar-refractivity contribution in [3.63, 3.8) is 0 Å². The monoisotopic (exact) mass is 287 g/mol. The summed E-state index contributed by atoms with van der Waals surface area (Å²) in [7, 11) is 0. The van der Waals surface area contributed by atoms with E-state index in [0.717, 1.165) is 31.7 Å². The van der Waals surface area contributed by atoms with Crippen LogP contribution >= 0.6 is 24.8 Å². The second-order valence-electron chi connectivity index (χ2n) is 4.20. The van der Waals surface area contributed by atoms with Crippen LogP contribution in [0.25, 0.3) is 0 Å². The molecule has 1 aliphatic rings. The highest BCUT2D eigenvalue weighted by atomic mass is 35.5. The number of nitrogens with zero attached hydrogens (tertiary/aromatic N) is 2. The molecule has 0 bridgehead atoms. The van der Waals surface area contributed by atoms with E-state index in [2.05, 4.69) is 29.3 Å². The normalized spacial score (nSPS) is 16.9. The fourth-order valence-electron chi connectivity index (χ4n) is 2.15. The molecule has 0 unspecified atom stereocenters. The van der Waals surface area contributed by atoms with E-state index >= 15 is 0 Å². The van der Waals surface area contributed by atoms with E-state index in [-0.39, 0.29) is 24.8 Å². The maximum absolute atomic E-state index is 8.88. The Morgan fingerprint density at radius 1 is 1.28 bits per heavy atom. The molecule has 1 heterocycles. The van der Waals surface area contributed by atoms with Crippen LogP contribution in [0.15, 0.2) is 24.3 Å². The summed E-state index contributed by atoms with van der Waals surface area (Å²) in [5, 5.41) is 12.2. The molecule has 0 amide bonds. The average Bonchev–Trinajstić information content (AvgIpc) is 2.39. The van der Waals surface area contributed by atoms with Gasteiger partial charge in [0.15, 0.2) is 0 Å². The standard InChI is InChI=1S/C13H17N3.2ClH/c1-11(16-7-5-15-6-8-16)13-4-2-3-12(9-13)10-14;;/h2-4,9,11,15H,5-8H2,1H3;2*1H/t11-;;/m1../s1. The molecule has 2 rings (SSSR count). The molecule has 18 heavy (non-hydrogen) atoms. The number of halogens is 2. The lowest BCUT2D eigenvalue weighted by atomic mass is 10.0. The topological polar surface area (TPSA) is 39.1 Å². The summed E-state index contributed by atoms with van der Waals surface area (Å²) in [6, 6.07) is 10.5. The van der Waals surface area contributed by atoms with Crippen LogP contribution in [0.1, 0.15) is 24.1 Å². The lowest BCUT2D eigenvalue weighted by Crippen LogP contribution is -2.44. The summed E-state index contributed by atoms with van der Waals surface area (Å²) in [4.78, 5) is 2.45. The molecule has 1 aromatic carbocycles. The fourth-order valence-corrected chi connectivity index (χ4v) is 2.15. The molecule has 0 aromatic heterocycles. The van der Waals surface area contributed by atoms with Crippen molar-refractivity contribution in [2.24, 2.45) is 0 Å². The van der Waals surface area contributed by atoms with Gasteiger partial charge in [0, 0.05) is 32.2 Å². The van der Waals surface area contributed by atoms with Gasteiger partial charge in [-0.2, -0.15) is 5.26 Å². The molecule has 1 aromatic rings. The van der Waals surface area contributed by atoms with Crippen LogP contribution < -0.4 is 5.32 Å². The zero-order valence-electron chi connectivity index (χ0n) is 10.4. The molecule has 3 nitrogen and oxygen atoms in total. The molecule has 0 saturated carbocycles. The number of nitrogens with one attached hydrogen (secondary N) is 1. The zero-order valence-corrected chi connectivity index (χ0v) is 12.1. The van der Waals surface area contributed by atoms with Gasteiger partial charge < -0.3 is 5.32 Å². The molecular formula is C13H19Cl2N3. The second-order valence-corrected chi connectivity index (χ2v) is 4.20. The maximum Gasteiger partial charge on any atom is 0.0991 e. The first-order chi connectivity index (χ1) is 7.81. The number of hydrogen-bond acceptors (Lipinski definition) is 3. The van der Waals surface area contributed by atoms with Crippen LogP contribution in [0, 0.1) is 11.3 Å². The van der Waals surface area contributed by atoms with E-state index in [1.54, 1.807) is 0 Å². The minimum atomic E-state index is 0. The van der Waals surface area contributed by atoms with Gasteiger partial charge in [-0.3, -0.25) is 4.90 Å². The molecule has 100 valence electrons. The Kier molecular flexibility index (Phi) is 7.97. The van der Waals surface area contributed by atoms with Crippen LogP contribution in [0.4, 0.5) is 0 Å². The number of piperazine rings is 1. The molecule has 1 aliphatic heterocycles. The van der Waals surface area contributed by atoms with Crippen molar-refractivity contribution in [1.29, 1.82) is 5.26 Å². The minimum Gasteiger partial charge on any atom is -0.314 e. The van der Waals surface area contributed by atoms with Crippen molar-refractivity contribution in [1.82, 2.24) is 10.2 Å². The lowest BCUT2D eigenvalue weighted by Gasteiger charge is -2.33. The van der Waals surface area contributed by atoms with Crippen LogP contribution in [-0.2, 0) is 0 Å². The molecule has 1 atom stereocenters. The predicted octanol–water partition coefficient (Wildman–Crippen LogP) is 2.37. The third-order valence-corrected chi connectivity index (χ3v) is 3.20. The molecule has 1 fully saturated rings. The van der Waals surface area contributed by atoms with E-state index in [9.17, 15) is 0 Å². The number of rotatable bonds is 2. The van der Waals surface area contributed by atoms with Crippen LogP contribution in [0.5, 0.6) is 0 Å². The van der Waals surface area contributed by atoms with Gasteiger partial charge in [0.2, 0.25) is 0 Å². The van der Waals surface area contributed by atoms with Crippen molar-refractivity contribution in [2.75, 3.05) is 26.2 Å². The molecule has 0 aliphatic carbocycles. The van der Waals surface area contributed by atoms with Gasteiger partial charge in [-0.15, -0.1) is 24.8 Å². The highest BCUT2D eigenvalue weighted by molar-refractivity contribution is 5.85. The lowest BCUT2D eigenvalue weighted by molar-refractivity contribution is 0.185. The number of hydrogen-bond donors (Lipinski definition) is 1. The average molecular weight is 288 g/mol. The van der Waals surface area contributed by atoms with Crippen molar-refractivity contribution >= 4 is 24.8 Å². The fraction of sp³-hybridized carbons (Fsp3) is 0.462. The van der Waals surface area contributed by atoms with Crippen LogP contribution in [0.3, 0.4) is 0 Å². The number of benzene rings is 1. The third-order valence-electron chi connectivity index (χ3n) is 3.20. The third kappa shape index (κ3) is 4.15. The maximum atomic E-state index is 8.88. The van der Waals surface area contributed by atoms with Gasteiger partial charge in [-0.25, -0.2) is 0 Å². The molecular weight excluding hydrogens is 269 g/mol. The Labute approximate surface area is 121 Å². The van der Waals surface area contributed by atoms with Gasteiger partial charge in [0.1, 0.15) is 0 Å². The SMILES string of the molecule is C[C@H](c1cccc(C#N)c1)N1CCNCC1.Cl.Cl. The Morgan fingerprint density at radius 3 is 2.56 bits per heavy atom. The molecule has 5 heteroatoms. The van der Waals surface area contributed by atoms with Crippen LogP contribution in [-0.4, -0.2) is 31.1 Å². The predicted molar refractivity (Wildman–Crippen MR) is 78.5 cm³/mol. The summed E-state index contributed by atoms with van der Waals surface area (Å²) in [5.41, 5.74) is 1.99. The van der Waals surface area contributed by atoms with Gasteiger partial charge in [-0.05, 0) is 24.6 Å². The Balaban J connectivity index is 0.00000144. The highest BCUT2D eigenvalue weighted by Gasteiger charge is 2.17. The molecule has 0 radical (unpaired) electrons. The minimum absolute atomic E-state index is 0. The van der Waals surface area contributed by atoms with Gasteiger partial charge >= 0.3 is 0 Å². The van der Waals surface area contributed by atoms with Crippen molar-refractivity contribution < 1.29 is 0 Å². The highest BCUT2D eigenvalue weighted by Crippen LogP contribution is 2.20. The summed E-state index contributed by atoms with van der Waals surface area (Å²) >= 11 is 0. The first kappa shape index (κ1) is 17.2. The van der Waals surface area contributed by atoms with E-state index in [4.69, 9.17) is 5.26 Å². The van der Waals surface area contributed by atoms with E-state index in [1.807, 2.05) is 18.2 Å². The van der Waals surface area contributed by atoms with Gasteiger partial charge in [0.25, 0.3) is 0 Å². The second kappa shape index (κ2) is 8.34. The summed E-state index contributed by atoms with van der Waals surface area (Å²) < 4.78 is 0. The smallest absolute Gasteiger partial charge is 0.0991 e. The van der Waals surface area contributed by atoms with Crippen molar-refractivity contribution in [2.45, 2.75) is 13.0 Å². The Morgan fingerprint density at radius 2 is 1.94 bits per heavy atom. The largest absolute Gasteiger partial charge is 0.314 e. The van der Waals surface area contributed by atoms with Crippen molar-refractivity contribution in [3.05, 3.63) is 35.4 Å².